The molecule has 2 N–H and O–H groups in total. The number of hydrogen-bond donors (Lipinski definition) is 1. The van der Waals surface area contributed by atoms with Gasteiger partial charge < -0.3 is 10.5 Å². The van der Waals surface area contributed by atoms with Gasteiger partial charge in [-0.1, -0.05) is 32.4 Å². The highest BCUT2D eigenvalue weighted by Crippen LogP contribution is 2.14. The summed E-state index contributed by atoms with van der Waals surface area (Å²) in [4.78, 5) is 0. The lowest BCUT2D eigenvalue weighted by Crippen LogP contribution is -2.29. The third-order valence-corrected chi connectivity index (χ3v) is 3.08. The van der Waals surface area contributed by atoms with Gasteiger partial charge in [-0.05, 0) is 37.0 Å². The molecule has 2 heteroatoms. The molecule has 2 unspecified atom stereocenters. The van der Waals surface area contributed by atoms with E-state index < -0.39 is 0 Å². The lowest BCUT2D eigenvalue weighted by Gasteiger charge is -2.18. The van der Waals surface area contributed by atoms with E-state index in [0.717, 1.165) is 18.6 Å². The first kappa shape index (κ1) is 13.0. The van der Waals surface area contributed by atoms with Crippen LogP contribution in [0.1, 0.15) is 32.3 Å². The number of rotatable bonds is 6. The predicted molar refractivity (Wildman–Crippen MR) is 68.7 cm³/mol. The number of benzene rings is 1. The number of ether oxygens (including phenoxy) is 1. The van der Waals surface area contributed by atoms with Crippen molar-refractivity contribution in [3.05, 3.63) is 29.8 Å². The summed E-state index contributed by atoms with van der Waals surface area (Å²) in [5.41, 5.74) is 7.27. The van der Waals surface area contributed by atoms with Gasteiger partial charge in [0, 0.05) is 6.04 Å². The Morgan fingerprint density at radius 1 is 1.38 bits per heavy atom. The second-order valence-electron chi connectivity index (χ2n) is 4.50. The first-order chi connectivity index (χ1) is 7.63. The van der Waals surface area contributed by atoms with Crippen molar-refractivity contribution in [3.8, 4) is 5.75 Å². The van der Waals surface area contributed by atoms with E-state index in [1.165, 1.54) is 5.56 Å². The van der Waals surface area contributed by atoms with Crippen molar-refractivity contribution in [1.29, 1.82) is 0 Å². The molecule has 0 amide bonds. The lowest BCUT2D eigenvalue weighted by atomic mass is 9.98. The Labute approximate surface area is 98.8 Å². The highest BCUT2D eigenvalue weighted by molar-refractivity contribution is 5.27. The number of aryl methyl sites for hydroxylation is 1. The second-order valence-corrected chi connectivity index (χ2v) is 4.50. The van der Waals surface area contributed by atoms with E-state index >= 15 is 0 Å². The molecule has 0 aliphatic carbocycles. The summed E-state index contributed by atoms with van der Waals surface area (Å²) in [5.74, 6) is 1.51. The van der Waals surface area contributed by atoms with Crippen molar-refractivity contribution in [2.45, 2.75) is 39.7 Å². The molecular formula is C14H23NO. The zero-order chi connectivity index (χ0) is 12.0. The van der Waals surface area contributed by atoms with Crippen molar-refractivity contribution in [1.82, 2.24) is 0 Å². The molecule has 1 aromatic carbocycles. The minimum absolute atomic E-state index is 0.245. The number of nitrogens with two attached hydrogens (primary N) is 1. The number of hydrogen-bond acceptors (Lipinski definition) is 2. The average molecular weight is 221 g/mol. The van der Waals surface area contributed by atoms with Crippen molar-refractivity contribution in [2.75, 3.05) is 6.61 Å². The highest BCUT2D eigenvalue weighted by atomic mass is 16.5. The standard InChI is InChI=1S/C14H23NO/c1-4-12(3)14(15)8-9-16-13-7-5-6-11(2)10-13/h5-7,10,12,14H,4,8-9,15H2,1-3H3. The van der Waals surface area contributed by atoms with Crippen LogP contribution in [0.15, 0.2) is 24.3 Å². The predicted octanol–water partition coefficient (Wildman–Crippen LogP) is 3.14. The summed E-state index contributed by atoms with van der Waals surface area (Å²) >= 11 is 0. The van der Waals surface area contributed by atoms with Crippen LogP contribution in [-0.2, 0) is 0 Å². The molecule has 0 bridgehead atoms. The third-order valence-electron chi connectivity index (χ3n) is 3.08. The van der Waals surface area contributed by atoms with Gasteiger partial charge in [0.2, 0.25) is 0 Å². The van der Waals surface area contributed by atoms with Crippen LogP contribution in [-0.4, -0.2) is 12.6 Å². The van der Waals surface area contributed by atoms with Crippen molar-refractivity contribution >= 4 is 0 Å². The van der Waals surface area contributed by atoms with Crippen LogP contribution in [0.5, 0.6) is 5.75 Å². The van der Waals surface area contributed by atoms with Crippen LogP contribution in [0, 0.1) is 12.8 Å². The van der Waals surface area contributed by atoms with Crippen LogP contribution >= 0.6 is 0 Å². The lowest BCUT2D eigenvalue weighted by molar-refractivity contribution is 0.276. The maximum Gasteiger partial charge on any atom is 0.119 e. The van der Waals surface area contributed by atoms with Gasteiger partial charge >= 0.3 is 0 Å². The summed E-state index contributed by atoms with van der Waals surface area (Å²) in [6.07, 6.45) is 2.05. The van der Waals surface area contributed by atoms with E-state index in [1.54, 1.807) is 0 Å². The van der Waals surface area contributed by atoms with Crippen LogP contribution in [0.2, 0.25) is 0 Å². The SMILES string of the molecule is CCC(C)C(N)CCOc1cccc(C)c1. The summed E-state index contributed by atoms with van der Waals surface area (Å²) in [6, 6.07) is 8.36. The molecule has 0 aliphatic heterocycles. The average Bonchev–Trinajstić information content (AvgIpc) is 2.28. The fourth-order valence-electron chi connectivity index (χ4n) is 1.61. The summed E-state index contributed by atoms with van der Waals surface area (Å²) in [7, 11) is 0. The molecule has 0 spiro atoms. The molecule has 0 saturated carbocycles. The minimum atomic E-state index is 0.245. The fraction of sp³-hybridized carbons (Fsp3) is 0.571. The first-order valence-electron chi connectivity index (χ1n) is 6.08. The van der Waals surface area contributed by atoms with Gasteiger partial charge in [-0.3, -0.25) is 0 Å². The maximum atomic E-state index is 6.04. The molecule has 0 radical (unpaired) electrons. The van der Waals surface area contributed by atoms with E-state index in [9.17, 15) is 0 Å². The van der Waals surface area contributed by atoms with Gasteiger partial charge in [-0.25, -0.2) is 0 Å². The van der Waals surface area contributed by atoms with Crippen LogP contribution < -0.4 is 10.5 Å². The Morgan fingerprint density at radius 2 is 2.12 bits per heavy atom. The summed E-state index contributed by atoms with van der Waals surface area (Å²) in [5, 5.41) is 0. The van der Waals surface area contributed by atoms with Gasteiger partial charge in [-0.2, -0.15) is 0 Å². The van der Waals surface area contributed by atoms with Crippen molar-refractivity contribution in [3.63, 3.8) is 0 Å². The van der Waals surface area contributed by atoms with E-state index in [2.05, 4.69) is 32.9 Å². The van der Waals surface area contributed by atoms with Gasteiger partial charge in [-0.15, -0.1) is 0 Å². The monoisotopic (exact) mass is 221 g/mol. The zero-order valence-corrected chi connectivity index (χ0v) is 10.6. The molecule has 16 heavy (non-hydrogen) atoms. The molecule has 0 aromatic heterocycles. The van der Waals surface area contributed by atoms with Gasteiger partial charge in [0.25, 0.3) is 0 Å². The minimum Gasteiger partial charge on any atom is -0.494 e. The van der Waals surface area contributed by atoms with E-state index in [0.29, 0.717) is 12.5 Å². The summed E-state index contributed by atoms with van der Waals surface area (Å²) in [6.45, 7) is 7.13. The van der Waals surface area contributed by atoms with E-state index in [-0.39, 0.29) is 6.04 Å². The highest BCUT2D eigenvalue weighted by Gasteiger charge is 2.10. The van der Waals surface area contributed by atoms with Crippen LogP contribution in [0.4, 0.5) is 0 Å². The Morgan fingerprint density at radius 3 is 2.75 bits per heavy atom. The topological polar surface area (TPSA) is 35.2 Å². The van der Waals surface area contributed by atoms with Crippen LogP contribution in [0.3, 0.4) is 0 Å². The molecule has 0 aliphatic rings. The van der Waals surface area contributed by atoms with E-state index in [4.69, 9.17) is 10.5 Å². The molecule has 2 atom stereocenters. The quantitative estimate of drug-likeness (QED) is 0.801. The van der Waals surface area contributed by atoms with Gasteiger partial charge in [0.1, 0.15) is 5.75 Å². The Balaban J connectivity index is 2.30. The molecule has 0 fully saturated rings. The molecule has 1 rings (SSSR count). The zero-order valence-electron chi connectivity index (χ0n) is 10.6. The molecule has 90 valence electrons. The van der Waals surface area contributed by atoms with Crippen molar-refractivity contribution in [2.24, 2.45) is 11.7 Å². The van der Waals surface area contributed by atoms with Gasteiger partial charge in [0.05, 0.1) is 6.61 Å². The molecule has 1 aromatic rings. The molecule has 0 heterocycles. The van der Waals surface area contributed by atoms with E-state index in [1.807, 2.05) is 12.1 Å². The Hall–Kier alpha value is -1.02. The van der Waals surface area contributed by atoms with Crippen LogP contribution in [0.25, 0.3) is 0 Å². The first-order valence-corrected chi connectivity index (χ1v) is 6.08. The fourth-order valence-corrected chi connectivity index (χ4v) is 1.61. The Kier molecular flexibility index (Phi) is 5.33. The Bertz CT molecular complexity index is 311. The molecule has 0 saturated heterocycles. The molecular weight excluding hydrogens is 198 g/mol. The second kappa shape index (κ2) is 6.54. The maximum absolute atomic E-state index is 6.04. The molecule has 2 nitrogen and oxygen atoms in total. The normalized spacial score (nSPS) is 14.5. The van der Waals surface area contributed by atoms with Crippen molar-refractivity contribution < 1.29 is 4.74 Å². The largest absolute Gasteiger partial charge is 0.494 e. The summed E-state index contributed by atoms with van der Waals surface area (Å²) < 4.78 is 5.67. The van der Waals surface area contributed by atoms with Gasteiger partial charge in [0.15, 0.2) is 0 Å². The third kappa shape index (κ3) is 4.23. The smallest absolute Gasteiger partial charge is 0.119 e.